The molecule has 2 atom stereocenters. The van der Waals surface area contributed by atoms with Crippen LogP contribution >= 0.6 is 0 Å². The highest BCUT2D eigenvalue weighted by atomic mass is 32.2. The first-order valence-corrected chi connectivity index (χ1v) is 10.2. The van der Waals surface area contributed by atoms with Gasteiger partial charge in [-0.15, -0.1) is 4.40 Å². The molecule has 4 nitrogen and oxygen atoms in total. The van der Waals surface area contributed by atoms with Crippen LogP contribution in [0, 0.1) is 0 Å². The molecule has 0 aliphatic carbocycles. The Hall–Kier alpha value is -2.14. The van der Waals surface area contributed by atoms with Crippen LogP contribution in [0.4, 0.5) is 0 Å². The number of piperidine rings is 1. The summed E-state index contributed by atoms with van der Waals surface area (Å²) in [6.07, 6.45) is 3.25. The number of hydrogen-bond acceptors (Lipinski definition) is 2. The van der Waals surface area contributed by atoms with E-state index in [0.717, 1.165) is 24.8 Å². The highest BCUT2D eigenvalue weighted by Gasteiger charge is 2.30. The van der Waals surface area contributed by atoms with Crippen LogP contribution in [0.1, 0.15) is 38.7 Å². The first kappa shape index (κ1) is 17.7. The quantitative estimate of drug-likeness (QED) is 0.615. The Labute approximate surface area is 150 Å². The average molecular weight is 356 g/mol. The second kappa shape index (κ2) is 7.40. The minimum absolute atomic E-state index is 0.223. The van der Waals surface area contributed by atoms with Gasteiger partial charge in [0.2, 0.25) is 0 Å². The number of benzene rings is 2. The molecule has 1 aliphatic heterocycles. The third-order valence-corrected chi connectivity index (χ3v) is 6.00. The summed E-state index contributed by atoms with van der Waals surface area (Å²) in [4.78, 5) is 2.39. The fourth-order valence-electron chi connectivity index (χ4n) is 3.43. The van der Waals surface area contributed by atoms with Crippen LogP contribution in [-0.4, -0.2) is 31.2 Å². The zero-order chi connectivity index (χ0) is 17.9. The summed E-state index contributed by atoms with van der Waals surface area (Å²) in [6, 6.07) is 18.5. The molecule has 25 heavy (non-hydrogen) atoms. The summed E-state index contributed by atoms with van der Waals surface area (Å²) in [5.41, 5.74) is 0.836. The minimum atomic E-state index is -3.76. The molecular formula is C20H24N2O2S. The second-order valence-electron chi connectivity index (χ2n) is 6.61. The van der Waals surface area contributed by atoms with Gasteiger partial charge in [-0.05, 0) is 45.2 Å². The largest absolute Gasteiger partial charge is 0.350 e. The Kier molecular flexibility index (Phi) is 5.23. The normalized spacial score (nSPS) is 22.0. The molecule has 1 heterocycles. The van der Waals surface area contributed by atoms with E-state index in [1.165, 1.54) is 0 Å². The average Bonchev–Trinajstić information content (AvgIpc) is 2.62. The van der Waals surface area contributed by atoms with E-state index >= 15 is 0 Å². The molecule has 1 saturated heterocycles. The van der Waals surface area contributed by atoms with Gasteiger partial charge < -0.3 is 4.90 Å². The number of likely N-dealkylation sites (tertiary alicyclic amines) is 1. The summed E-state index contributed by atoms with van der Waals surface area (Å²) >= 11 is 0. The summed E-state index contributed by atoms with van der Waals surface area (Å²) in [5, 5.41) is 0. The lowest BCUT2D eigenvalue weighted by Gasteiger charge is -2.41. The molecule has 2 aromatic carbocycles. The van der Waals surface area contributed by atoms with Crippen molar-refractivity contribution in [2.75, 3.05) is 0 Å². The predicted octanol–water partition coefficient (Wildman–Crippen LogP) is 4.09. The maximum Gasteiger partial charge on any atom is 0.284 e. The molecule has 5 heteroatoms. The van der Waals surface area contributed by atoms with Gasteiger partial charge in [-0.3, -0.25) is 0 Å². The first-order valence-electron chi connectivity index (χ1n) is 8.73. The maximum absolute atomic E-state index is 12.9. The van der Waals surface area contributed by atoms with Crippen molar-refractivity contribution >= 4 is 15.9 Å². The summed E-state index contributed by atoms with van der Waals surface area (Å²) in [5.74, 6) is 0.546. The zero-order valence-electron chi connectivity index (χ0n) is 14.7. The van der Waals surface area contributed by atoms with E-state index in [0.29, 0.717) is 5.84 Å². The Morgan fingerprint density at radius 1 is 0.920 bits per heavy atom. The number of amidine groups is 1. The number of hydrogen-bond donors (Lipinski definition) is 0. The van der Waals surface area contributed by atoms with Crippen LogP contribution in [0.3, 0.4) is 0 Å². The van der Waals surface area contributed by atoms with E-state index in [-0.39, 0.29) is 17.0 Å². The fraction of sp³-hybridized carbons (Fsp3) is 0.350. The molecule has 132 valence electrons. The molecule has 0 N–H and O–H groups in total. The highest BCUT2D eigenvalue weighted by Crippen LogP contribution is 2.26. The number of nitrogens with zero attached hydrogens (tertiary/aromatic N) is 2. The maximum atomic E-state index is 12.9. The molecule has 0 saturated carbocycles. The Balaban J connectivity index is 2.12. The van der Waals surface area contributed by atoms with Gasteiger partial charge in [0, 0.05) is 17.6 Å². The summed E-state index contributed by atoms with van der Waals surface area (Å²) in [6.45, 7) is 4.28. The molecule has 0 aromatic heterocycles. The van der Waals surface area contributed by atoms with Crippen molar-refractivity contribution in [3.8, 4) is 0 Å². The van der Waals surface area contributed by atoms with E-state index in [4.69, 9.17) is 0 Å². The van der Waals surface area contributed by atoms with Crippen molar-refractivity contribution in [2.24, 2.45) is 4.40 Å². The zero-order valence-corrected chi connectivity index (χ0v) is 15.5. The summed E-state index contributed by atoms with van der Waals surface area (Å²) in [7, 11) is -3.76. The molecule has 1 aliphatic rings. The molecule has 2 aromatic rings. The van der Waals surface area contributed by atoms with Gasteiger partial charge >= 0.3 is 0 Å². The van der Waals surface area contributed by atoms with E-state index in [2.05, 4.69) is 23.1 Å². The van der Waals surface area contributed by atoms with Gasteiger partial charge in [0.15, 0.2) is 0 Å². The SMILES string of the molecule is CC1CCCC(C)N1/C(=N/S(=O)(=O)c1ccccc1)c1ccccc1. The topological polar surface area (TPSA) is 49.7 Å². The van der Waals surface area contributed by atoms with Crippen molar-refractivity contribution in [3.05, 3.63) is 66.2 Å². The van der Waals surface area contributed by atoms with Gasteiger partial charge in [-0.25, -0.2) is 0 Å². The van der Waals surface area contributed by atoms with Gasteiger partial charge in [0.25, 0.3) is 10.0 Å². The lowest BCUT2D eigenvalue weighted by molar-refractivity contribution is 0.192. The lowest BCUT2D eigenvalue weighted by Crippen LogP contribution is -2.48. The molecule has 0 bridgehead atoms. The first-order chi connectivity index (χ1) is 12.0. The molecule has 3 rings (SSSR count). The van der Waals surface area contributed by atoms with Gasteiger partial charge in [0.05, 0.1) is 4.90 Å². The molecule has 1 fully saturated rings. The van der Waals surface area contributed by atoms with E-state index < -0.39 is 10.0 Å². The molecule has 0 spiro atoms. The van der Waals surface area contributed by atoms with Gasteiger partial charge in [-0.1, -0.05) is 48.5 Å². The van der Waals surface area contributed by atoms with E-state index in [1.807, 2.05) is 30.3 Å². The number of sulfonamides is 1. The van der Waals surface area contributed by atoms with Crippen molar-refractivity contribution in [2.45, 2.75) is 50.1 Å². The second-order valence-corrected chi connectivity index (χ2v) is 8.21. The number of rotatable bonds is 3. The van der Waals surface area contributed by atoms with Gasteiger partial charge in [-0.2, -0.15) is 8.42 Å². The minimum Gasteiger partial charge on any atom is -0.350 e. The smallest absolute Gasteiger partial charge is 0.284 e. The van der Waals surface area contributed by atoms with Crippen LogP contribution in [0.2, 0.25) is 0 Å². The lowest BCUT2D eigenvalue weighted by atomic mass is 9.96. The van der Waals surface area contributed by atoms with Crippen molar-refractivity contribution in [3.63, 3.8) is 0 Å². The third kappa shape index (κ3) is 3.93. The highest BCUT2D eigenvalue weighted by molar-refractivity contribution is 7.90. The fourth-order valence-corrected chi connectivity index (χ4v) is 4.47. The summed E-state index contributed by atoms with van der Waals surface area (Å²) < 4.78 is 30.0. The molecule has 0 radical (unpaired) electrons. The molecule has 2 unspecified atom stereocenters. The van der Waals surface area contributed by atoms with E-state index in [9.17, 15) is 8.42 Å². The van der Waals surface area contributed by atoms with Gasteiger partial charge in [0.1, 0.15) is 5.84 Å². The van der Waals surface area contributed by atoms with Crippen LogP contribution in [-0.2, 0) is 10.0 Å². The van der Waals surface area contributed by atoms with Crippen LogP contribution < -0.4 is 0 Å². The monoisotopic (exact) mass is 356 g/mol. The Morgan fingerprint density at radius 3 is 2.00 bits per heavy atom. The third-order valence-electron chi connectivity index (χ3n) is 4.72. The molecular weight excluding hydrogens is 332 g/mol. The van der Waals surface area contributed by atoms with Crippen molar-refractivity contribution < 1.29 is 8.42 Å². The van der Waals surface area contributed by atoms with Crippen LogP contribution in [0.25, 0.3) is 0 Å². The Bertz CT molecular complexity index is 823. The van der Waals surface area contributed by atoms with Crippen LogP contribution in [0.5, 0.6) is 0 Å². The van der Waals surface area contributed by atoms with E-state index in [1.54, 1.807) is 30.3 Å². The van der Waals surface area contributed by atoms with Crippen molar-refractivity contribution in [1.29, 1.82) is 0 Å². The predicted molar refractivity (Wildman–Crippen MR) is 101 cm³/mol. The van der Waals surface area contributed by atoms with Crippen LogP contribution in [0.15, 0.2) is 70.0 Å². The van der Waals surface area contributed by atoms with Crippen molar-refractivity contribution in [1.82, 2.24) is 4.90 Å². The standard InChI is InChI=1S/C20H24N2O2S/c1-16-10-9-11-17(2)22(16)20(18-12-5-3-6-13-18)21-25(23,24)19-14-7-4-8-15-19/h3-8,12-17H,9-11H2,1-2H3/b21-20+. The Morgan fingerprint density at radius 2 is 1.44 bits per heavy atom. The molecule has 0 amide bonds.